The number of pyridine rings is 1. The number of hydrogen-bond acceptors (Lipinski definition) is 2. The van der Waals surface area contributed by atoms with Gasteiger partial charge in [0.25, 0.3) is 0 Å². The molecule has 0 N–H and O–H groups in total. The molecule has 1 aromatic heterocycles. The van der Waals surface area contributed by atoms with Crippen LogP contribution in [0.5, 0.6) is 0 Å². The molecule has 0 saturated heterocycles. The summed E-state index contributed by atoms with van der Waals surface area (Å²) < 4.78 is 0. The van der Waals surface area contributed by atoms with Crippen LogP contribution in [0.25, 0.3) is 0 Å². The lowest BCUT2D eigenvalue weighted by Crippen LogP contribution is -2.02. The highest BCUT2D eigenvalue weighted by atomic mass is 35.5. The summed E-state index contributed by atoms with van der Waals surface area (Å²) in [4.78, 5) is 3.95. The van der Waals surface area contributed by atoms with Crippen molar-refractivity contribution in [3.8, 4) is 6.07 Å². The van der Waals surface area contributed by atoms with Gasteiger partial charge in [-0.1, -0.05) is 46.9 Å². The summed E-state index contributed by atoms with van der Waals surface area (Å²) in [7, 11) is 0. The smallest absolute Gasteiger partial charge is 0.138 e. The average molecular weight is 297 g/mol. The summed E-state index contributed by atoms with van der Waals surface area (Å²) in [6.07, 6.45) is 1.56. The molecule has 1 aromatic carbocycles. The minimum absolute atomic E-state index is 0.264. The van der Waals surface area contributed by atoms with E-state index in [9.17, 15) is 5.26 Å². The minimum Gasteiger partial charge on any atom is -0.244 e. The van der Waals surface area contributed by atoms with E-state index in [2.05, 4.69) is 11.1 Å². The number of rotatable bonds is 2. The maximum atomic E-state index is 9.29. The van der Waals surface area contributed by atoms with Gasteiger partial charge < -0.3 is 0 Å². The van der Waals surface area contributed by atoms with Crippen molar-refractivity contribution in [1.82, 2.24) is 4.98 Å². The van der Waals surface area contributed by atoms with E-state index < -0.39 is 0 Å². The van der Waals surface area contributed by atoms with E-state index in [-0.39, 0.29) is 5.15 Å². The Morgan fingerprint density at radius 1 is 1.11 bits per heavy atom. The monoisotopic (exact) mass is 295 g/mol. The average Bonchev–Trinajstić information content (AvgIpc) is 2.34. The van der Waals surface area contributed by atoms with Gasteiger partial charge in [-0.2, -0.15) is 5.26 Å². The molecule has 0 spiro atoms. The van der Waals surface area contributed by atoms with E-state index in [4.69, 9.17) is 34.8 Å². The third-order valence-corrected chi connectivity index (χ3v) is 3.19. The molecule has 0 aliphatic heterocycles. The highest BCUT2D eigenvalue weighted by Gasteiger charge is 2.20. The van der Waals surface area contributed by atoms with Gasteiger partial charge >= 0.3 is 0 Å². The Kier molecular flexibility index (Phi) is 4.08. The van der Waals surface area contributed by atoms with Crippen LogP contribution in [0.4, 0.5) is 0 Å². The van der Waals surface area contributed by atoms with Crippen molar-refractivity contribution >= 4 is 34.8 Å². The molecule has 0 aliphatic carbocycles. The largest absolute Gasteiger partial charge is 0.244 e. The van der Waals surface area contributed by atoms with Gasteiger partial charge in [0, 0.05) is 21.8 Å². The number of halogens is 3. The van der Waals surface area contributed by atoms with E-state index in [1.165, 1.54) is 0 Å². The molecule has 2 aromatic rings. The Bertz CT molecular complexity index is 620. The Morgan fingerprint density at radius 2 is 1.89 bits per heavy atom. The first kappa shape index (κ1) is 13.2. The van der Waals surface area contributed by atoms with E-state index >= 15 is 0 Å². The number of hydrogen-bond donors (Lipinski definition) is 0. The molecular weight excluding hydrogens is 291 g/mol. The van der Waals surface area contributed by atoms with Crippen molar-refractivity contribution in [3.05, 3.63) is 68.8 Å². The normalized spacial score (nSPS) is 10.4. The maximum absolute atomic E-state index is 9.29. The van der Waals surface area contributed by atoms with Crippen LogP contribution in [0.2, 0.25) is 15.2 Å². The number of nitriles is 1. The molecule has 1 radical (unpaired) electrons. The molecule has 0 amide bonds. The van der Waals surface area contributed by atoms with Crippen molar-refractivity contribution in [2.24, 2.45) is 0 Å². The maximum Gasteiger partial charge on any atom is 0.138 e. The predicted octanol–water partition coefficient (Wildman–Crippen LogP) is 4.54. The molecule has 1 heterocycles. The fraction of sp³-hybridized carbons (Fsp3) is 0. The van der Waals surface area contributed by atoms with Crippen LogP contribution in [-0.2, 0) is 0 Å². The first-order chi connectivity index (χ1) is 8.63. The van der Waals surface area contributed by atoms with Crippen molar-refractivity contribution in [2.45, 2.75) is 0 Å². The van der Waals surface area contributed by atoms with E-state index in [1.807, 2.05) is 0 Å². The summed E-state index contributed by atoms with van der Waals surface area (Å²) in [5.41, 5.74) is 1.13. The summed E-state index contributed by atoms with van der Waals surface area (Å²) in [6, 6.07) is 10.5. The van der Waals surface area contributed by atoms with Crippen LogP contribution in [0.1, 0.15) is 11.1 Å². The number of benzene rings is 1. The molecule has 5 heteroatoms. The molecule has 89 valence electrons. The summed E-state index contributed by atoms with van der Waals surface area (Å²) in [5.74, 6) is 0.370. The summed E-state index contributed by atoms with van der Waals surface area (Å²) in [5, 5.41) is 10.5. The third kappa shape index (κ3) is 2.59. The topological polar surface area (TPSA) is 36.7 Å². The van der Waals surface area contributed by atoms with Crippen LogP contribution in [0.15, 0.2) is 36.5 Å². The lowest BCUT2D eigenvalue weighted by molar-refractivity contribution is 1.21. The van der Waals surface area contributed by atoms with Crippen LogP contribution in [0.3, 0.4) is 0 Å². The van der Waals surface area contributed by atoms with E-state index in [0.29, 0.717) is 27.1 Å². The lowest BCUT2D eigenvalue weighted by Gasteiger charge is -2.11. The quantitative estimate of drug-likeness (QED) is 0.763. The second-order valence-electron chi connectivity index (χ2n) is 3.45. The van der Waals surface area contributed by atoms with E-state index in [0.717, 1.165) is 0 Å². The zero-order chi connectivity index (χ0) is 13.1. The molecule has 0 saturated carbocycles. The van der Waals surface area contributed by atoms with Gasteiger partial charge in [-0.15, -0.1) is 0 Å². The van der Waals surface area contributed by atoms with Gasteiger partial charge in [-0.3, -0.25) is 0 Å². The second-order valence-corrected chi connectivity index (χ2v) is 4.65. The van der Waals surface area contributed by atoms with E-state index in [1.54, 1.807) is 36.5 Å². The third-order valence-electron chi connectivity index (χ3n) is 2.34. The molecule has 0 atom stereocenters. The van der Waals surface area contributed by atoms with Gasteiger partial charge in [0.15, 0.2) is 0 Å². The van der Waals surface area contributed by atoms with Crippen LogP contribution in [0, 0.1) is 17.2 Å². The van der Waals surface area contributed by atoms with Gasteiger partial charge in [0.1, 0.15) is 11.1 Å². The fourth-order valence-corrected chi connectivity index (χ4v) is 2.25. The molecule has 0 fully saturated rings. The van der Waals surface area contributed by atoms with Crippen molar-refractivity contribution in [1.29, 1.82) is 5.26 Å². The Hall–Kier alpha value is -1.27. The van der Waals surface area contributed by atoms with Gasteiger partial charge in [0.05, 0.1) is 6.07 Å². The molecule has 0 aliphatic rings. The van der Waals surface area contributed by atoms with Crippen molar-refractivity contribution in [2.75, 3.05) is 0 Å². The highest BCUT2D eigenvalue weighted by Crippen LogP contribution is 2.33. The van der Waals surface area contributed by atoms with Crippen LogP contribution < -0.4 is 0 Å². The van der Waals surface area contributed by atoms with Crippen LogP contribution in [-0.4, -0.2) is 4.98 Å². The lowest BCUT2D eigenvalue weighted by atomic mass is 9.94. The second kappa shape index (κ2) is 5.58. The first-order valence-corrected chi connectivity index (χ1v) is 6.10. The minimum atomic E-state index is 0.264. The zero-order valence-corrected chi connectivity index (χ0v) is 11.3. The van der Waals surface area contributed by atoms with Crippen LogP contribution >= 0.6 is 34.8 Å². The molecular formula is C13H6Cl3N2. The molecule has 0 unspecified atom stereocenters. The van der Waals surface area contributed by atoms with Crippen molar-refractivity contribution in [3.63, 3.8) is 0 Å². The standard InChI is InChI=1S/C13H6Cl3N2/c14-8-3-4-9(12(15)6-8)11(7-17)10-2-1-5-18-13(10)16/h1-6H. The Balaban J connectivity index is 2.54. The number of aromatic nitrogens is 1. The highest BCUT2D eigenvalue weighted by molar-refractivity contribution is 6.35. The molecule has 0 bridgehead atoms. The SMILES string of the molecule is N#C[C](c1ccc(Cl)cc1Cl)c1cccnc1Cl. The molecule has 2 nitrogen and oxygen atoms in total. The predicted molar refractivity (Wildman–Crippen MR) is 72.8 cm³/mol. The molecule has 18 heavy (non-hydrogen) atoms. The molecule has 2 rings (SSSR count). The summed E-state index contributed by atoms with van der Waals surface area (Å²) in [6.45, 7) is 0. The van der Waals surface area contributed by atoms with Gasteiger partial charge in [-0.25, -0.2) is 4.98 Å². The zero-order valence-electron chi connectivity index (χ0n) is 8.99. The van der Waals surface area contributed by atoms with Gasteiger partial charge in [-0.05, 0) is 23.8 Å². The fourth-order valence-electron chi connectivity index (χ4n) is 1.53. The first-order valence-electron chi connectivity index (χ1n) is 4.97. The Morgan fingerprint density at radius 3 is 2.50 bits per heavy atom. The van der Waals surface area contributed by atoms with Crippen molar-refractivity contribution < 1.29 is 0 Å². The van der Waals surface area contributed by atoms with Gasteiger partial charge in [0.2, 0.25) is 0 Å². The Labute approximate surface area is 120 Å². The number of nitrogens with zero attached hydrogens (tertiary/aromatic N) is 2. The summed E-state index contributed by atoms with van der Waals surface area (Å²) >= 11 is 17.9.